The Balaban J connectivity index is 2.32. The van der Waals surface area contributed by atoms with Crippen LogP contribution in [0.5, 0.6) is 0 Å². The summed E-state index contributed by atoms with van der Waals surface area (Å²) >= 11 is 0. The Bertz CT molecular complexity index is 601. The molecule has 0 bridgehead atoms. The zero-order valence-electron chi connectivity index (χ0n) is 14.5. The van der Waals surface area contributed by atoms with E-state index in [1.54, 1.807) is 48.5 Å². The summed E-state index contributed by atoms with van der Waals surface area (Å²) in [6.45, 7) is 2.28. The summed E-state index contributed by atoms with van der Waals surface area (Å²) in [5.41, 5.74) is -0.814. The van der Waals surface area contributed by atoms with Gasteiger partial charge in [0.25, 0.3) is 0 Å². The highest BCUT2D eigenvalue weighted by atomic mass is 16.6. The van der Waals surface area contributed by atoms with Crippen LogP contribution >= 0.6 is 0 Å². The number of ether oxygens (including phenoxy) is 1. The second-order valence-electron chi connectivity index (χ2n) is 6.07. The van der Waals surface area contributed by atoms with Crippen LogP contribution in [-0.2, 0) is 15.1 Å². The van der Waals surface area contributed by atoms with Crippen LogP contribution < -0.4 is 0 Å². The lowest BCUT2D eigenvalue weighted by atomic mass is 9.86. The average Bonchev–Trinajstić information content (AvgIpc) is 2.62. The maximum atomic E-state index is 12.8. The highest BCUT2D eigenvalue weighted by Crippen LogP contribution is 2.31. The molecule has 0 heterocycles. The third-order valence-electron chi connectivity index (χ3n) is 4.29. The van der Waals surface area contributed by atoms with Gasteiger partial charge in [-0.25, -0.2) is 4.79 Å². The number of esters is 1. The van der Waals surface area contributed by atoms with Crippen molar-refractivity contribution in [3.8, 4) is 0 Å². The van der Waals surface area contributed by atoms with Crippen LogP contribution in [0.1, 0.15) is 24.5 Å². The molecule has 0 spiro atoms. The van der Waals surface area contributed by atoms with Gasteiger partial charge in [-0.2, -0.15) is 0 Å². The molecule has 0 fully saturated rings. The first kappa shape index (κ1) is 18.2. The number of carbonyl (C=O) groups excluding carboxylic acids is 1. The van der Waals surface area contributed by atoms with E-state index in [2.05, 4.69) is 0 Å². The largest absolute Gasteiger partial charge is 0.461 e. The molecule has 1 unspecified atom stereocenters. The predicted octanol–water partition coefficient (Wildman–Crippen LogP) is 2.81. The molecule has 0 amide bonds. The number of likely N-dealkylation sites (N-methyl/N-ethyl adjacent to an activating group) is 1. The average molecular weight is 327 g/mol. The third-order valence-corrected chi connectivity index (χ3v) is 4.29. The van der Waals surface area contributed by atoms with E-state index in [1.165, 1.54) is 0 Å². The maximum absolute atomic E-state index is 12.8. The monoisotopic (exact) mass is 327 g/mol. The lowest BCUT2D eigenvalue weighted by Gasteiger charge is -2.29. The summed E-state index contributed by atoms with van der Waals surface area (Å²) < 4.78 is 5.50. The molecule has 128 valence electrons. The molecular formula is C20H25NO3. The number of aliphatic hydroxyl groups is 1. The van der Waals surface area contributed by atoms with Gasteiger partial charge in [-0.15, -0.1) is 0 Å². The number of rotatable bonds is 7. The van der Waals surface area contributed by atoms with Gasteiger partial charge in [0.05, 0.1) is 0 Å². The van der Waals surface area contributed by atoms with Gasteiger partial charge < -0.3 is 14.7 Å². The normalized spacial score (nSPS) is 12.9. The van der Waals surface area contributed by atoms with Crippen LogP contribution in [-0.4, -0.2) is 42.7 Å². The Hall–Kier alpha value is -2.17. The fourth-order valence-corrected chi connectivity index (χ4v) is 2.67. The number of hydrogen-bond donors (Lipinski definition) is 1. The van der Waals surface area contributed by atoms with E-state index in [0.717, 1.165) is 6.42 Å². The SMILES string of the molecule is CCC(COC(=O)C(O)(c1ccccc1)c1ccccc1)N(C)C. The molecule has 0 saturated heterocycles. The topological polar surface area (TPSA) is 49.8 Å². The summed E-state index contributed by atoms with van der Waals surface area (Å²) in [5.74, 6) is -0.653. The first-order chi connectivity index (χ1) is 11.5. The van der Waals surface area contributed by atoms with Crippen LogP contribution in [0.2, 0.25) is 0 Å². The Kier molecular flexibility index (Phi) is 6.12. The van der Waals surface area contributed by atoms with Crippen molar-refractivity contribution in [2.75, 3.05) is 20.7 Å². The summed E-state index contributed by atoms with van der Waals surface area (Å²) in [6, 6.07) is 17.9. The first-order valence-electron chi connectivity index (χ1n) is 8.17. The molecule has 2 rings (SSSR count). The molecule has 2 aromatic carbocycles. The Labute approximate surface area is 143 Å². The fraction of sp³-hybridized carbons (Fsp3) is 0.350. The van der Waals surface area contributed by atoms with Crippen molar-refractivity contribution in [1.29, 1.82) is 0 Å². The van der Waals surface area contributed by atoms with Gasteiger partial charge in [-0.3, -0.25) is 0 Å². The Morgan fingerprint density at radius 1 is 1.04 bits per heavy atom. The van der Waals surface area contributed by atoms with E-state index in [9.17, 15) is 9.90 Å². The fourth-order valence-electron chi connectivity index (χ4n) is 2.67. The lowest BCUT2D eigenvalue weighted by Crippen LogP contribution is -2.41. The number of hydrogen-bond acceptors (Lipinski definition) is 4. The van der Waals surface area contributed by atoms with E-state index in [1.807, 2.05) is 38.1 Å². The van der Waals surface area contributed by atoms with Crippen LogP contribution in [0.3, 0.4) is 0 Å². The van der Waals surface area contributed by atoms with Crippen LogP contribution in [0, 0.1) is 0 Å². The summed E-state index contributed by atoms with van der Waals surface area (Å²) in [7, 11) is 3.89. The van der Waals surface area contributed by atoms with Gasteiger partial charge in [-0.05, 0) is 31.6 Å². The highest BCUT2D eigenvalue weighted by molar-refractivity contribution is 5.85. The van der Waals surface area contributed by atoms with E-state index in [0.29, 0.717) is 11.1 Å². The number of nitrogens with zero attached hydrogens (tertiary/aromatic N) is 1. The minimum absolute atomic E-state index is 0.116. The summed E-state index contributed by atoms with van der Waals surface area (Å²) in [6.07, 6.45) is 0.857. The molecule has 1 atom stereocenters. The summed E-state index contributed by atoms with van der Waals surface area (Å²) in [4.78, 5) is 14.8. The molecule has 2 aromatic rings. The van der Waals surface area contributed by atoms with E-state index in [-0.39, 0.29) is 12.6 Å². The molecule has 0 radical (unpaired) electrons. The molecule has 0 saturated carbocycles. The number of carbonyl (C=O) groups is 1. The van der Waals surface area contributed by atoms with Gasteiger partial charge >= 0.3 is 5.97 Å². The third kappa shape index (κ3) is 3.83. The molecular weight excluding hydrogens is 302 g/mol. The van der Waals surface area contributed by atoms with E-state index >= 15 is 0 Å². The highest BCUT2D eigenvalue weighted by Gasteiger charge is 2.41. The van der Waals surface area contributed by atoms with Gasteiger partial charge in [0.1, 0.15) is 6.61 Å². The van der Waals surface area contributed by atoms with Crippen molar-refractivity contribution in [2.45, 2.75) is 25.0 Å². The molecule has 0 aliphatic rings. The molecule has 24 heavy (non-hydrogen) atoms. The summed E-state index contributed by atoms with van der Waals surface area (Å²) in [5, 5.41) is 11.3. The smallest absolute Gasteiger partial charge is 0.347 e. The van der Waals surface area contributed by atoms with E-state index in [4.69, 9.17) is 4.74 Å². The van der Waals surface area contributed by atoms with Crippen molar-refractivity contribution in [3.63, 3.8) is 0 Å². The second-order valence-corrected chi connectivity index (χ2v) is 6.07. The van der Waals surface area contributed by atoms with Gasteiger partial charge in [0, 0.05) is 6.04 Å². The molecule has 0 aliphatic heterocycles. The molecule has 4 heteroatoms. The van der Waals surface area contributed by atoms with Crippen molar-refractivity contribution in [3.05, 3.63) is 71.8 Å². The lowest BCUT2D eigenvalue weighted by molar-refractivity contribution is -0.163. The zero-order chi connectivity index (χ0) is 17.6. The van der Waals surface area contributed by atoms with E-state index < -0.39 is 11.6 Å². The predicted molar refractivity (Wildman–Crippen MR) is 94.6 cm³/mol. The van der Waals surface area contributed by atoms with Gasteiger partial charge in [0.2, 0.25) is 5.60 Å². The second kappa shape index (κ2) is 8.08. The van der Waals surface area contributed by atoms with Crippen LogP contribution in [0.4, 0.5) is 0 Å². The standard InChI is InChI=1S/C20H25NO3/c1-4-18(21(2)3)15-24-19(22)20(23,16-11-7-5-8-12-16)17-13-9-6-10-14-17/h5-14,18,23H,4,15H2,1-3H3. The van der Waals surface area contributed by atoms with Crippen LogP contribution in [0.15, 0.2) is 60.7 Å². The molecule has 4 nitrogen and oxygen atoms in total. The Morgan fingerprint density at radius 2 is 1.50 bits per heavy atom. The van der Waals surface area contributed by atoms with Crippen molar-refractivity contribution < 1.29 is 14.6 Å². The Morgan fingerprint density at radius 3 is 1.88 bits per heavy atom. The van der Waals surface area contributed by atoms with Gasteiger partial charge in [-0.1, -0.05) is 67.6 Å². The minimum Gasteiger partial charge on any atom is -0.461 e. The number of benzene rings is 2. The quantitative estimate of drug-likeness (QED) is 0.795. The van der Waals surface area contributed by atoms with Crippen molar-refractivity contribution >= 4 is 5.97 Å². The minimum atomic E-state index is -1.81. The maximum Gasteiger partial charge on any atom is 0.347 e. The van der Waals surface area contributed by atoms with Crippen LogP contribution in [0.25, 0.3) is 0 Å². The molecule has 0 aliphatic carbocycles. The first-order valence-corrected chi connectivity index (χ1v) is 8.17. The molecule has 1 N–H and O–H groups in total. The van der Waals surface area contributed by atoms with Crippen molar-refractivity contribution in [2.24, 2.45) is 0 Å². The molecule has 0 aromatic heterocycles. The zero-order valence-corrected chi connectivity index (χ0v) is 14.5. The van der Waals surface area contributed by atoms with Gasteiger partial charge in [0.15, 0.2) is 0 Å². The van der Waals surface area contributed by atoms with Crippen molar-refractivity contribution in [1.82, 2.24) is 4.90 Å².